The molecule has 1 aliphatic carbocycles. The second-order valence-electron chi connectivity index (χ2n) is 4.95. The molecule has 2 fully saturated rings. The highest BCUT2D eigenvalue weighted by Crippen LogP contribution is 2.34. The van der Waals surface area contributed by atoms with E-state index in [1.165, 1.54) is 38.8 Å². The van der Waals surface area contributed by atoms with Crippen LogP contribution in [0.15, 0.2) is 0 Å². The number of rotatable bonds is 1. The van der Waals surface area contributed by atoms with E-state index in [9.17, 15) is 0 Å². The van der Waals surface area contributed by atoms with Gasteiger partial charge in [0.2, 0.25) is 0 Å². The Morgan fingerprint density at radius 1 is 1.08 bits per heavy atom. The van der Waals surface area contributed by atoms with Crippen molar-refractivity contribution in [1.29, 1.82) is 0 Å². The normalized spacial score (nSPS) is 37.2. The molecular formula is C11H21N. The van der Waals surface area contributed by atoms with E-state index in [1.807, 2.05) is 0 Å². The van der Waals surface area contributed by atoms with Gasteiger partial charge in [-0.3, -0.25) is 0 Å². The summed E-state index contributed by atoms with van der Waals surface area (Å²) in [6.45, 7) is 7.43. The zero-order valence-electron chi connectivity index (χ0n) is 8.42. The molecule has 0 spiro atoms. The standard InChI is InChI=1S/C11H21N/c1-9(2)12-7-10-4-3-5-11(6-10)8-12/h9-11H,3-8H2,1-2H3/t10-,11+. The van der Waals surface area contributed by atoms with E-state index in [-0.39, 0.29) is 0 Å². The monoisotopic (exact) mass is 167 g/mol. The van der Waals surface area contributed by atoms with Crippen LogP contribution in [0.25, 0.3) is 0 Å². The van der Waals surface area contributed by atoms with Crippen LogP contribution in [0.3, 0.4) is 0 Å². The number of likely N-dealkylation sites (tertiary alicyclic amines) is 1. The van der Waals surface area contributed by atoms with E-state index in [2.05, 4.69) is 18.7 Å². The molecule has 2 rings (SSSR count). The summed E-state index contributed by atoms with van der Waals surface area (Å²) in [6.07, 6.45) is 6.03. The summed E-state index contributed by atoms with van der Waals surface area (Å²) in [5.41, 5.74) is 0. The average Bonchev–Trinajstić information content (AvgIpc) is 2.03. The molecule has 0 aromatic rings. The van der Waals surface area contributed by atoms with Gasteiger partial charge in [-0.25, -0.2) is 0 Å². The van der Waals surface area contributed by atoms with E-state index in [1.54, 1.807) is 0 Å². The minimum absolute atomic E-state index is 0.772. The summed E-state index contributed by atoms with van der Waals surface area (Å²) in [4.78, 5) is 2.68. The number of fused-ring (bicyclic) bond motifs is 2. The van der Waals surface area contributed by atoms with Crippen LogP contribution in [-0.2, 0) is 0 Å². The van der Waals surface area contributed by atoms with Crippen LogP contribution in [0.2, 0.25) is 0 Å². The Hall–Kier alpha value is -0.0400. The summed E-state index contributed by atoms with van der Waals surface area (Å²) >= 11 is 0. The highest BCUT2D eigenvalue weighted by Gasteiger charge is 2.30. The highest BCUT2D eigenvalue weighted by molar-refractivity contribution is 4.84. The fourth-order valence-corrected chi connectivity index (χ4v) is 2.89. The van der Waals surface area contributed by atoms with Gasteiger partial charge in [-0.05, 0) is 44.9 Å². The molecule has 0 radical (unpaired) electrons. The molecular weight excluding hydrogens is 146 g/mol. The lowest BCUT2D eigenvalue weighted by molar-refractivity contribution is 0.0641. The van der Waals surface area contributed by atoms with Crippen LogP contribution in [0.4, 0.5) is 0 Å². The van der Waals surface area contributed by atoms with Crippen molar-refractivity contribution in [2.45, 2.75) is 45.6 Å². The van der Waals surface area contributed by atoms with Crippen LogP contribution in [0, 0.1) is 11.8 Å². The van der Waals surface area contributed by atoms with E-state index in [4.69, 9.17) is 0 Å². The number of nitrogens with zero attached hydrogens (tertiary/aromatic N) is 1. The largest absolute Gasteiger partial charge is 0.300 e. The predicted molar refractivity (Wildman–Crippen MR) is 52.2 cm³/mol. The Bertz CT molecular complexity index is 141. The summed E-state index contributed by atoms with van der Waals surface area (Å²) in [5, 5.41) is 0. The van der Waals surface area contributed by atoms with Crippen LogP contribution in [0.1, 0.15) is 39.5 Å². The maximum atomic E-state index is 2.68. The number of piperidine rings is 1. The van der Waals surface area contributed by atoms with Crippen molar-refractivity contribution in [3.05, 3.63) is 0 Å². The van der Waals surface area contributed by atoms with Crippen molar-refractivity contribution in [1.82, 2.24) is 4.90 Å². The molecule has 2 bridgehead atoms. The van der Waals surface area contributed by atoms with Crippen molar-refractivity contribution in [3.63, 3.8) is 0 Å². The molecule has 0 N–H and O–H groups in total. The summed E-state index contributed by atoms with van der Waals surface area (Å²) < 4.78 is 0. The lowest BCUT2D eigenvalue weighted by atomic mass is 9.77. The molecule has 1 saturated carbocycles. The van der Waals surface area contributed by atoms with Gasteiger partial charge < -0.3 is 4.90 Å². The molecule has 1 saturated heterocycles. The molecule has 1 aliphatic heterocycles. The third kappa shape index (κ3) is 1.66. The molecule has 1 heteroatoms. The summed E-state index contributed by atoms with van der Waals surface area (Å²) in [5.74, 6) is 2.08. The van der Waals surface area contributed by atoms with Crippen molar-refractivity contribution in [3.8, 4) is 0 Å². The maximum Gasteiger partial charge on any atom is 0.00388 e. The maximum absolute atomic E-state index is 2.68. The molecule has 0 aromatic heterocycles. The van der Waals surface area contributed by atoms with E-state index < -0.39 is 0 Å². The molecule has 0 amide bonds. The Morgan fingerprint density at radius 3 is 2.17 bits per heavy atom. The molecule has 1 nitrogen and oxygen atoms in total. The fourth-order valence-electron chi connectivity index (χ4n) is 2.89. The van der Waals surface area contributed by atoms with E-state index in [0.717, 1.165) is 17.9 Å². The molecule has 0 aromatic carbocycles. The van der Waals surface area contributed by atoms with Crippen LogP contribution in [-0.4, -0.2) is 24.0 Å². The number of hydrogen-bond donors (Lipinski definition) is 0. The van der Waals surface area contributed by atoms with Gasteiger partial charge in [0, 0.05) is 19.1 Å². The van der Waals surface area contributed by atoms with Crippen molar-refractivity contribution < 1.29 is 0 Å². The lowest BCUT2D eigenvalue weighted by Gasteiger charge is -2.43. The van der Waals surface area contributed by atoms with Gasteiger partial charge in [-0.2, -0.15) is 0 Å². The molecule has 2 atom stereocenters. The molecule has 0 unspecified atom stereocenters. The quantitative estimate of drug-likeness (QED) is 0.580. The minimum atomic E-state index is 0.772. The Labute approximate surface area is 76.1 Å². The van der Waals surface area contributed by atoms with Crippen molar-refractivity contribution in [2.75, 3.05) is 13.1 Å². The first-order chi connectivity index (χ1) is 5.75. The van der Waals surface area contributed by atoms with Gasteiger partial charge in [0.15, 0.2) is 0 Å². The van der Waals surface area contributed by atoms with Crippen molar-refractivity contribution in [2.24, 2.45) is 11.8 Å². The van der Waals surface area contributed by atoms with Crippen molar-refractivity contribution >= 4 is 0 Å². The van der Waals surface area contributed by atoms with Gasteiger partial charge in [-0.15, -0.1) is 0 Å². The fraction of sp³-hybridized carbons (Fsp3) is 1.00. The Kier molecular flexibility index (Phi) is 2.40. The molecule has 1 heterocycles. The van der Waals surface area contributed by atoms with E-state index in [0.29, 0.717) is 0 Å². The molecule has 2 aliphatic rings. The minimum Gasteiger partial charge on any atom is -0.300 e. The first-order valence-corrected chi connectivity index (χ1v) is 5.49. The van der Waals surface area contributed by atoms with Gasteiger partial charge in [-0.1, -0.05) is 6.42 Å². The third-order valence-corrected chi connectivity index (χ3v) is 3.61. The van der Waals surface area contributed by atoms with Crippen LogP contribution in [0.5, 0.6) is 0 Å². The second-order valence-corrected chi connectivity index (χ2v) is 4.95. The van der Waals surface area contributed by atoms with Gasteiger partial charge >= 0.3 is 0 Å². The first kappa shape index (κ1) is 8.55. The lowest BCUT2D eigenvalue weighted by Crippen LogP contribution is -2.45. The van der Waals surface area contributed by atoms with Gasteiger partial charge in [0.25, 0.3) is 0 Å². The summed E-state index contributed by atoms with van der Waals surface area (Å²) in [7, 11) is 0. The zero-order chi connectivity index (χ0) is 8.55. The zero-order valence-corrected chi connectivity index (χ0v) is 8.42. The molecule has 12 heavy (non-hydrogen) atoms. The Morgan fingerprint density at radius 2 is 1.67 bits per heavy atom. The van der Waals surface area contributed by atoms with Crippen LogP contribution < -0.4 is 0 Å². The van der Waals surface area contributed by atoms with Crippen LogP contribution >= 0.6 is 0 Å². The summed E-state index contributed by atoms with van der Waals surface area (Å²) in [6, 6.07) is 0.772. The topological polar surface area (TPSA) is 3.24 Å². The smallest absolute Gasteiger partial charge is 0.00388 e. The van der Waals surface area contributed by atoms with E-state index >= 15 is 0 Å². The Balaban J connectivity index is 1.96. The molecule has 70 valence electrons. The predicted octanol–water partition coefficient (Wildman–Crippen LogP) is 2.52. The SMILES string of the molecule is CC(C)N1C[C@@H]2CCC[C@@H](C2)C1. The highest BCUT2D eigenvalue weighted by atomic mass is 15.2. The average molecular weight is 167 g/mol. The van der Waals surface area contributed by atoms with Gasteiger partial charge in [0.1, 0.15) is 0 Å². The first-order valence-electron chi connectivity index (χ1n) is 5.49. The second kappa shape index (κ2) is 3.37. The third-order valence-electron chi connectivity index (χ3n) is 3.61. The van der Waals surface area contributed by atoms with Gasteiger partial charge in [0.05, 0.1) is 0 Å². The number of hydrogen-bond acceptors (Lipinski definition) is 1.